The van der Waals surface area contributed by atoms with Crippen LogP contribution in [0.2, 0.25) is 0 Å². The Labute approximate surface area is 144 Å². The van der Waals surface area contributed by atoms with Crippen LogP contribution in [0.4, 0.5) is 4.79 Å². The first-order valence-electron chi connectivity index (χ1n) is 7.81. The summed E-state index contributed by atoms with van der Waals surface area (Å²) in [4.78, 5) is 18.1. The zero-order chi connectivity index (χ0) is 16.9. The molecule has 1 amide bonds. The summed E-state index contributed by atoms with van der Waals surface area (Å²) in [6, 6.07) is 8.99. The van der Waals surface area contributed by atoms with Crippen LogP contribution in [-0.2, 0) is 25.7 Å². The molecule has 4 aliphatic rings. The number of carbonyl (C=O) groups is 1. The highest BCUT2D eigenvalue weighted by Gasteiger charge is 2.63. The molecule has 1 aromatic rings. The normalized spacial score (nSPS) is 35.8. The number of nitrogens with zero attached hydrogens (tertiary/aromatic N) is 1. The van der Waals surface area contributed by atoms with E-state index < -0.39 is 35.2 Å². The van der Waals surface area contributed by atoms with E-state index in [4.69, 9.17) is 30.6 Å². The van der Waals surface area contributed by atoms with Crippen LogP contribution >= 0.6 is 11.6 Å². The minimum absolute atomic E-state index is 0.155. The number of carbonyl (C=O) groups excluding carboxylic acids is 1. The molecule has 2 bridgehead atoms. The van der Waals surface area contributed by atoms with Gasteiger partial charge in [0.25, 0.3) is 0 Å². The molecule has 24 heavy (non-hydrogen) atoms. The largest absolute Gasteiger partial charge is 0.443 e. The Balaban J connectivity index is 1.49. The molecule has 6 nitrogen and oxygen atoms in total. The first kappa shape index (κ1) is 15.9. The van der Waals surface area contributed by atoms with Gasteiger partial charge in [0.1, 0.15) is 24.9 Å². The number of hydrogen-bond acceptors (Lipinski definition) is 5. The van der Waals surface area contributed by atoms with Crippen LogP contribution < -0.4 is 0 Å². The zero-order valence-corrected chi connectivity index (χ0v) is 14.1. The molecule has 1 aromatic carbocycles. The lowest BCUT2D eigenvalue weighted by Gasteiger charge is -2.48. The Hall–Kier alpha value is -1.60. The van der Waals surface area contributed by atoms with E-state index in [0.717, 1.165) is 10.6 Å². The Kier molecular flexibility index (Phi) is 3.61. The van der Waals surface area contributed by atoms with Crippen LogP contribution in [0, 0.1) is 0 Å². The molecule has 0 aromatic heterocycles. The van der Waals surface area contributed by atoms with Crippen molar-refractivity contribution in [2.45, 2.75) is 49.6 Å². The van der Waals surface area contributed by atoms with E-state index in [2.05, 4.69) is 0 Å². The van der Waals surface area contributed by atoms with Crippen molar-refractivity contribution in [1.29, 1.82) is 0 Å². The van der Waals surface area contributed by atoms with Crippen LogP contribution in [0.15, 0.2) is 42.5 Å². The number of halogens is 1. The van der Waals surface area contributed by atoms with Gasteiger partial charge in [-0.25, -0.2) is 9.63 Å². The fraction of sp³-hybridized carbons (Fsp3) is 0.471. The molecule has 4 unspecified atom stereocenters. The van der Waals surface area contributed by atoms with Crippen LogP contribution in [-0.4, -0.2) is 40.3 Å². The average molecular weight is 352 g/mol. The smallest absolute Gasteiger partial charge is 0.435 e. The molecular formula is C17H18ClNO5. The number of amides is 1. The van der Waals surface area contributed by atoms with Crippen molar-refractivity contribution < 1.29 is 23.8 Å². The summed E-state index contributed by atoms with van der Waals surface area (Å²) in [6.07, 6.45) is 2.01. The predicted octanol–water partition coefficient (Wildman–Crippen LogP) is 2.96. The topological polar surface area (TPSA) is 57.2 Å². The van der Waals surface area contributed by atoms with Crippen LogP contribution in [0.5, 0.6) is 0 Å². The minimum atomic E-state index is -1.28. The first-order chi connectivity index (χ1) is 11.4. The average Bonchev–Trinajstić information content (AvgIpc) is 2.91. The lowest BCUT2D eigenvalue weighted by Crippen LogP contribution is -2.66. The monoisotopic (exact) mass is 351 g/mol. The van der Waals surface area contributed by atoms with E-state index in [1.165, 1.54) is 0 Å². The molecule has 4 atom stereocenters. The fourth-order valence-electron chi connectivity index (χ4n) is 3.22. The minimum Gasteiger partial charge on any atom is -0.443 e. The highest BCUT2D eigenvalue weighted by atomic mass is 35.5. The van der Waals surface area contributed by atoms with E-state index in [-0.39, 0.29) is 6.61 Å². The van der Waals surface area contributed by atoms with Crippen LogP contribution in [0.25, 0.3) is 0 Å². The molecule has 2 saturated heterocycles. The van der Waals surface area contributed by atoms with Crippen molar-refractivity contribution in [2.24, 2.45) is 0 Å². The molecule has 0 radical (unpaired) electrons. The van der Waals surface area contributed by atoms with Crippen molar-refractivity contribution >= 4 is 17.7 Å². The fourth-order valence-corrected chi connectivity index (χ4v) is 3.54. The Bertz CT molecular complexity index is 679. The molecule has 128 valence electrons. The van der Waals surface area contributed by atoms with Crippen LogP contribution in [0.1, 0.15) is 19.4 Å². The summed E-state index contributed by atoms with van der Waals surface area (Å²) in [5.41, 5.74) is 0.892. The third-order valence-corrected chi connectivity index (χ3v) is 4.68. The van der Waals surface area contributed by atoms with E-state index in [1.807, 2.05) is 44.2 Å². The number of benzene rings is 1. The lowest BCUT2D eigenvalue weighted by atomic mass is 9.92. The van der Waals surface area contributed by atoms with Gasteiger partial charge in [-0.05, 0) is 25.5 Å². The number of fused-ring (bicyclic) bond motifs is 1. The van der Waals surface area contributed by atoms with E-state index in [1.54, 1.807) is 12.2 Å². The van der Waals surface area contributed by atoms with Crippen molar-refractivity contribution in [3.05, 3.63) is 48.0 Å². The van der Waals surface area contributed by atoms with Gasteiger partial charge in [-0.1, -0.05) is 48.0 Å². The second kappa shape index (κ2) is 5.46. The van der Waals surface area contributed by atoms with Gasteiger partial charge >= 0.3 is 6.09 Å². The third-order valence-electron chi connectivity index (χ3n) is 4.27. The predicted molar refractivity (Wildman–Crippen MR) is 84.9 cm³/mol. The van der Waals surface area contributed by atoms with Gasteiger partial charge < -0.3 is 14.2 Å². The maximum atomic E-state index is 12.4. The van der Waals surface area contributed by atoms with Crippen molar-refractivity contribution in [3.8, 4) is 0 Å². The first-order valence-corrected chi connectivity index (χ1v) is 8.19. The van der Waals surface area contributed by atoms with Crippen molar-refractivity contribution in [1.82, 2.24) is 5.06 Å². The Morgan fingerprint density at radius 3 is 2.79 bits per heavy atom. The summed E-state index contributed by atoms with van der Waals surface area (Å²) in [7, 11) is 0. The molecule has 0 saturated carbocycles. The highest BCUT2D eigenvalue weighted by molar-refractivity contribution is 6.25. The molecule has 5 rings (SSSR count). The number of alkyl halides is 1. The van der Waals surface area contributed by atoms with Gasteiger partial charge in [0.2, 0.25) is 5.06 Å². The molecule has 0 N–H and O–H groups in total. The summed E-state index contributed by atoms with van der Waals surface area (Å²) < 4.78 is 17.1. The number of ether oxygens (including phenoxy) is 3. The van der Waals surface area contributed by atoms with Gasteiger partial charge in [-0.2, -0.15) is 5.06 Å². The number of hydrogen-bond donors (Lipinski definition) is 0. The zero-order valence-electron chi connectivity index (χ0n) is 13.3. The highest BCUT2D eigenvalue weighted by Crippen LogP contribution is 2.48. The molecule has 2 fully saturated rings. The van der Waals surface area contributed by atoms with Gasteiger partial charge in [-0.15, -0.1) is 0 Å². The van der Waals surface area contributed by atoms with E-state index in [0.29, 0.717) is 0 Å². The van der Waals surface area contributed by atoms with Crippen LogP contribution in [0.3, 0.4) is 0 Å². The Morgan fingerprint density at radius 2 is 2.04 bits per heavy atom. The molecule has 1 aliphatic carbocycles. The number of hydroxylamine groups is 2. The third kappa shape index (κ3) is 2.59. The van der Waals surface area contributed by atoms with Gasteiger partial charge in [0.15, 0.2) is 5.79 Å². The lowest BCUT2D eigenvalue weighted by molar-refractivity contribution is -0.268. The van der Waals surface area contributed by atoms with E-state index >= 15 is 0 Å². The summed E-state index contributed by atoms with van der Waals surface area (Å²) in [5.74, 6) is -0.785. The number of rotatable bonds is 2. The SMILES string of the molecule is CC1(C)OC2C3C=CC(Cl)(ON3C(=O)OCc3ccccc3)C2O1. The second-order valence-corrected chi connectivity index (χ2v) is 7.12. The summed E-state index contributed by atoms with van der Waals surface area (Å²) in [6.45, 7) is 3.77. The standard InChI is InChI=1S/C17H18ClNO5/c1-16(2)22-13-12-8-9-17(18,14(13)23-16)24-19(12)15(20)21-10-11-6-4-3-5-7-11/h3-9,12-14H,10H2,1-2H3. The van der Waals surface area contributed by atoms with Gasteiger partial charge in [0.05, 0.1) is 0 Å². The summed E-state index contributed by atoms with van der Waals surface area (Å²) in [5, 5.41) is -0.138. The molecule has 0 spiro atoms. The van der Waals surface area contributed by atoms with E-state index in [9.17, 15) is 4.79 Å². The van der Waals surface area contributed by atoms with Gasteiger partial charge in [-0.3, -0.25) is 0 Å². The molecule has 7 heteroatoms. The summed E-state index contributed by atoms with van der Waals surface area (Å²) >= 11 is 6.52. The van der Waals surface area contributed by atoms with Crippen molar-refractivity contribution in [3.63, 3.8) is 0 Å². The van der Waals surface area contributed by atoms with Crippen molar-refractivity contribution in [2.75, 3.05) is 0 Å². The maximum absolute atomic E-state index is 12.4. The quantitative estimate of drug-likeness (QED) is 0.605. The molecular weight excluding hydrogens is 334 g/mol. The molecule has 3 aliphatic heterocycles. The maximum Gasteiger partial charge on any atom is 0.435 e. The second-order valence-electron chi connectivity index (χ2n) is 6.53. The Morgan fingerprint density at radius 1 is 1.29 bits per heavy atom. The van der Waals surface area contributed by atoms with Gasteiger partial charge in [0, 0.05) is 0 Å². The molecule has 3 heterocycles.